The number of hydrogen-bond acceptors (Lipinski definition) is 1. The average Bonchev–Trinajstić information content (AvgIpc) is 1.85. The molecule has 0 aliphatic heterocycles. The lowest BCUT2D eigenvalue weighted by Crippen LogP contribution is -2.15. The molecule has 0 unspecified atom stereocenters. The summed E-state index contributed by atoms with van der Waals surface area (Å²) in [4.78, 5) is 0. The van der Waals surface area contributed by atoms with Crippen LogP contribution in [0.15, 0.2) is 24.3 Å². The molecule has 0 aromatic heterocycles. The third-order valence-corrected chi connectivity index (χ3v) is 1.14. The van der Waals surface area contributed by atoms with Crippen molar-refractivity contribution < 1.29 is 4.74 Å². The molecule has 1 nitrogen and oxygen atoms in total. The van der Waals surface area contributed by atoms with E-state index in [0.717, 1.165) is 0 Å². The van der Waals surface area contributed by atoms with Crippen LogP contribution in [-0.4, -0.2) is 4.52 Å². The lowest BCUT2D eigenvalue weighted by Gasteiger charge is -2.15. The molecule has 0 saturated carbocycles. The standard InChI is InChI=1S/C8H7Cl2O/c1-8(9,10)11-7-5-3-2-4-6-7/h3-6H,1H3. The topological polar surface area (TPSA) is 9.23 Å². The molecule has 0 aliphatic rings. The number of alkyl halides is 2. The summed E-state index contributed by atoms with van der Waals surface area (Å²) < 4.78 is 3.95. The minimum Gasteiger partial charge on any atom is -0.458 e. The van der Waals surface area contributed by atoms with E-state index in [1.165, 1.54) is 0 Å². The number of ether oxygens (including phenoxy) is 1. The quantitative estimate of drug-likeness (QED) is 0.651. The highest BCUT2D eigenvalue weighted by Gasteiger charge is 2.17. The fraction of sp³-hybridized carbons (Fsp3) is 0.250. The van der Waals surface area contributed by atoms with Crippen LogP contribution in [0.2, 0.25) is 0 Å². The molecule has 1 aromatic carbocycles. The third-order valence-electron chi connectivity index (χ3n) is 0.985. The molecule has 11 heavy (non-hydrogen) atoms. The Labute approximate surface area is 75.9 Å². The molecule has 0 atom stereocenters. The van der Waals surface area contributed by atoms with Gasteiger partial charge in [0.25, 0.3) is 4.52 Å². The van der Waals surface area contributed by atoms with Gasteiger partial charge in [0.2, 0.25) is 0 Å². The highest BCUT2D eigenvalue weighted by molar-refractivity contribution is 6.47. The molecule has 1 radical (unpaired) electrons. The Morgan fingerprint density at radius 1 is 1.36 bits per heavy atom. The Balaban J connectivity index is 2.66. The maximum atomic E-state index is 5.60. The van der Waals surface area contributed by atoms with Crippen molar-refractivity contribution in [2.45, 2.75) is 11.4 Å². The van der Waals surface area contributed by atoms with E-state index in [1.807, 2.05) is 0 Å². The molecule has 0 spiro atoms. The zero-order chi connectivity index (χ0) is 8.32. The van der Waals surface area contributed by atoms with E-state index in [4.69, 9.17) is 27.9 Å². The zero-order valence-corrected chi connectivity index (χ0v) is 7.49. The first-order chi connectivity index (χ1) is 5.08. The molecule has 0 amide bonds. The second kappa shape index (κ2) is 3.33. The Hall–Kier alpha value is -0.400. The summed E-state index contributed by atoms with van der Waals surface area (Å²) in [6.45, 7) is 1.56. The lowest BCUT2D eigenvalue weighted by atomic mass is 10.3. The van der Waals surface area contributed by atoms with Gasteiger partial charge in [-0.05, 0) is 18.2 Å². The van der Waals surface area contributed by atoms with Crippen LogP contribution in [-0.2, 0) is 0 Å². The van der Waals surface area contributed by atoms with E-state index in [-0.39, 0.29) is 0 Å². The normalized spacial score (nSPS) is 11.2. The fourth-order valence-corrected chi connectivity index (χ4v) is 0.825. The van der Waals surface area contributed by atoms with E-state index >= 15 is 0 Å². The van der Waals surface area contributed by atoms with Crippen molar-refractivity contribution in [2.75, 3.05) is 0 Å². The van der Waals surface area contributed by atoms with Crippen LogP contribution < -0.4 is 4.74 Å². The number of halogens is 2. The second-order valence-electron chi connectivity index (χ2n) is 2.15. The maximum Gasteiger partial charge on any atom is 0.255 e. The fourth-order valence-electron chi connectivity index (χ4n) is 0.647. The number of rotatable bonds is 2. The van der Waals surface area contributed by atoms with Crippen molar-refractivity contribution in [3.8, 4) is 5.75 Å². The van der Waals surface area contributed by atoms with Gasteiger partial charge in [-0.15, -0.1) is 0 Å². The molecule has 1 rings (SSSR count). The first-order valence-electron chi connectivity index (χ1n) is 3.11. The van der Waals surface area contributed by atoms with Crippen LogP contribution in [0.3, 0.4) is 0 Å². The molecule has 3 heteroatoms. The van der Waals surface area contributed by atoms with Gasteiger partial charge in [0.1, 0.15) is 5.75 Å². The Kier molecular flexibility index (Phi) is 2.63. The monoisotopic (exact) mass is 189 g/mol. The van der Waals surface area contributed by atoms with E-state index < -0.39 is 4.52 Å². The lowest BCUT2D eigenvalue weighted by molar-refractivity contribution is 0.262. The van der Waals surface area contributed by atoms with Crippen molar-refractivity contribution in [1.82, 2.24) is 0 Å². The summed E-state index contributed by atoms with van der Waals surface area (Å²) in [5.74, 6) is 0.635. The molecular weight excluding hydrogens is 183 g/mol. The summed E-state index contributed by atoms with van der Waals surface area (Å²) >= 11 is 11.2. The largest absolute Gasteiger partial charge is 0.458 e. The Morgan fingerprint density at radius 2 is 1.91 bits per heavy atom. The molecule has 0 aliphatic carbocycles. The maximum absolute atomic E-state index is 5.60. The summed E-state index contributed by atoms with van der Waals surface area (Å²) in [5.41, 5.74) is 0. The van der Waals surface area contributed by atoms with Crippen molar-refractivity contribution >= 4 is 23.2 Å². The predicted octanol–water partition coefficient (Wildman–Crippen LogP) is 3.02. The summed E-state index contributed by atoms with van der Waals surface area (Å²) in [6, 6.07) is 9.79. The minimum atomic E-state index is -1.17. The van der Waals surface area contributed by atoms with Gasteiger partial charge >= 0.3 is 0 Å². The Bertz CT molecular complexity index is 215. The summed E-state index contributed by atoms with van der Waals surface area (Å²) in [6.07, 6.45) is 0. The highest BCUT2D eigenvalue weighted by atomic mass is 35.5. The van der Waals surface area contributed by atoms with Crippen LogP contribution in [0.5, 0.6) is 5.75 Å². The predicted molar refractivity (Wildman–Crippen MR) is 46.0 cm³/mol. The van der Waals surface area contributed by atoms with E-state index in [9.17, 15) is 0 Å². The van der Waals surface area contributed by atoms with Gasteiger partial charge < -0.3 is 4.74 Å². The summed E-state index contributed by atoms with van der Waals surface area (Å²) in [7, 11) is 0. The SMILES string of the molecule is CC(Cl)(Cl)Oc1cc[c]cc1. The van der Waals surface area contributed by atoms with Gasteiger partial charge in [-0.1, -0.05) is 35.3 Å². The van der Waals surface area contributed by atoms with Crippen LogP contribution >= 0.6 is 23.2 Å². The van der Waals surface area contributed by atoms with Gasteiger partial charge in [0, 0.05) is 6.92 Å². The van der Waals surface area contributed by atoms with Gasteiger partial charge in [-0.2, -0.15) is 0 Å². The van der Waals surface area contributed by atoms with Crippen LogP contribution in [0, 0.1) is 6.07 Å². The van der Waals surface area contributed by atoms with Crippen LogP contribution in [0.4, 0.5) is 0 Å². The first-order valence-corrected chi connectivity index (χ1v) is 3.86. The smallest absolute Gasteiger partial charge is 0.255 e. The van der Waals surface area contributed by atoms with E-state index in [0.29, 0.717) is 5.75 Å². The minimum absolute atomic E-state index is 0.635. The van der Waals surface area contributed by atoms with Gasteiger partial charge in [0.15, 0.2) is 0 Å². The molecular formula is C8H7Cl2O. The van der Waals surface area contributed by atoms with Gasteiger partial charge in [0.05, 0.1) is 0 Å². The molecule has 0 heterocycles. The molecule has 1 aromatic rings. The highest BCUT2D eigenvalue weighted by Crippen LogP contribution is 2.24. The van der Waals surface area contributed by atoms with Crippen molar-refractivity contribution in [2.24, 2.45) is 0 Å². The van der Waals surface area contributed by atoms with Crippen molar-refractivity contribution in [3.05, 3.63) is 30.3 Å². The molecule has 0 fully saturated rings. The molecule has 0 N–H and O–H groups in total. The van der Waals surface area contributed by atoms with Gasteiger partial charge in [-0.3, -0.25) is 0 Å². The van der Waals surface area contributed by atoms with Gasteiger partial charge in [-0.25, -0.2) is 0 Å². The number of benzene rings is 1. The van der Waals surface area contributed by atoms with E-state index in [2.05, 4.69) is 6.07 Å². The van der Waals surface area contributed by atoms with E-state index in [1.54, 1.807) is 31.2 Å². The second-order valence-corrected chi connectivity index (χ2v) is 3.78. The molecule has 59 valence electrons. The molecule has 0 bridgehead atoms. The van der Waals surface area contributed by atoms with Crippen molar-refractivity contribution in [1.29, 1.82) is 0 Å². The van der Waals surface area contributed by atoms with Crippen LogP contribution in [0.25, 0.3) is 0 Å². The first kappa shape index (κ1) is 8.69. The Morgan fingerprint density at radius 3 is 2.36 bits per heavy atom. The molecule has 0 saturated heterocycles. The summed E-state index contributed by atoms with van der Waals surface area (Å²) in [5, 5.41) is 0. The third kappa shape index (κ3) is 3.49. The van der Waals surface area contributed by atoms with Crippen LogP contribution in [0.1, 0.15) is 6.92 Å². The zero-order valence-electron chi connectivity index (χ0n) is 5.97. The average molecular weight is 190 g/mol. The van der Waals surface area contributed by atoms with Crippen molar-refractivity contribution in [3.63, 3.8) is 0 Å². The number of hydrogen-bond donors (Lipinski definition) is 0.